The van der Waals surface area contributed by atoms with Crippen molar-refractivity contribution >= 4 is 45.5 Å². The fourth-order valence-corrected chi connectivity index (χ4v) is 9.23. The first kappa shape index (κ1) is 77.5. The summed E-state index contributed by atoms with van der Waals surface area (Å²) in [5.74, 6) is -3.47. The number of unbranched alkanes of at least 4 members (excludes halogenated alkanes) is 28. The Morgan fingerprint density at radius 3 is 1.05 bits per heavy atom. The highest BCUT2D eigenvalue weighted by Gasteiger charge is 2.29. The maximum Gasteiger partial charge on any atom is 0.472 e. The molecule has 0 aromatic carbocycles. The molecule has 0 amide bonds. The average molecular weight is 1160 g/mol. The zero-order valence-electron chi connectivity index (χ0n) is 48.3. The molecule has 0 aliphatic rings. The molecule has 6 atom stereocenters. The molecule has 21 nitrogen and oxygen atoms in total. The van der Waals surface area contributed by atoms with Gasteiger partial charge in [0.2, 0.25) is 0 Å². The number of phosphoric acid groups is 2. The molecule has 0 saturated heterocycles. The third-order valence-corrected chi connectivity index (χ3v) is 14.3. The van der Waals surface area contributed by atoms with Gasteiger partial charge in [-0.25, -0.2) is 9.13 Å². The minimum Gasteiger partial charge on any atom is -0.480 e. The predicted octanol–water partition coefficient (Wildman–Crippen LogP) is 11.6. The maximum atomic E-state index is 12.6. The van der Waals surface area contributed by atoms with Gasteiger partial charge in [0.1, 0.15) is 25.4 Å². The SMILES string of the molecule is CCCC(=O)O[C@H](COC(=O)CC)COP(=O)(O)OC[C@H](N)C(=O)O.CCCCCCCCCCCCCCCCCC(=O)OCC(COP(=O)(O)OCC(O)CO)OC(=O)CCCCCCCCCCCCCCCCC. The van der Waals surface area contributed by atoms with Crippen LogP contribution in [0.2, 0.25) is 0 Å². The van der Waals surface area contributed by atoms with Crippen LogP contribution in [0, 0.1) is 0 Å². The number of ether oxygens (including phenoxy) is 4. The van der Waals surface area contributed by atoms with Gasteiger partial charge in [-0.3, -0.25) is 42.1 Å². The first-order chi connectivity index (χ1) is 37.3. The van der Waals surface area contributed by atoms with Crippen LogP contribution in [0.1, 0.15) is 252 Å². The number of rotatable bonds is 55. The molecular weight excluding hydrogens is 1060 g/mol. The van der Waals surface area contributed by atoms with Crippen LogP contribution in [-0.2, 0) is 70.1 Å². The summed E-state index contributed by atoms with van der Waals surface area (Å²) < 4.78 is 63.3. The van der Waals surface area contributed by atoms with Gasteiger partial charge in [0.15, 0.2) is 12.2 Å². The van der Waals surface area contributed by atoms with E-state index in [2.05, 4.69) is 22.9 Å². The topological polar surface area (TPSA) is 320 Å². The summed E-state index contributed by atoms with van der Waals surface area (Å²) in [7, 11) is -9.24. The van der Waals surface area contributed by atoms with Crippen molar-refractivity contribution in [3.05, 3.63) is 0 Å². The number of carboxylic acids is 1. The molecule has 0 aromatic rings. The number of nitrogens with two attached hydrogens (primary N) is 1. The normalized spacial score (nSPS) is 14.4. The number of aliphatic hydroxyl groups is 2. The summed E-state index contributed by atoms with van der Waals surface area (Å²) in [6, 6.07) is -1.51. The molecule has 0 rings (SSSR count). The Balaban J connectivity index is 0. The van der Waals surface area contributed by atoms with Crippen molar-refractivity contribution in [2.75, 3.05) is 46.2 Å². The van der Waals surface area contributed by atoms with Crippen LogP contribution in [0.15, 0.2) is 0 Å². The van der Waals surface area contributed by atoms with E-state index >= 15 is 0 Å². The van der Waals surface area contributed by atoms with Gasteiger partial charge in [0.25, 0.3) is 0 Å². The van der Waals surface area contributed by atoms with Gasteiger partial charge in [-0.1, -0.05) is 207 Å². The number of carbonyl (C=O) groups is 5. The van der Waals surface area contributed by atoms with Crippen molar-refractivity contribution in [3.63, 3.8) is 0 Å². The molecule has 0 heterocycles. The predicted molar refractivity (Wildman–Crippen MR) is 298 cm³/mol. The monoisotopic (exact) mass is 1160 g/mol. The lowest BCUT2D eigenvalue weighted by Crippen LogP contribution is -2.34. The molecule has 0 aliphatic carbocycles. The van der Waals surface area contributed by atoms with Crippen molar-refractivity contribution in [1.29, 1.82) is 0 Å². The van der Waals surface area contributed by atoms with Crippen LogP contribution in [0.4, 0.5) is 0 Å². The second-order valence-electron chi connectivity index (χ2n) is 20.0. The number of esters is 4. The van der Waals surface area contributed by atoms with E-state index in [1.807, 2.05) is 0 Å². The van der Waals surface area contributed by atoms with E-state index in [1.165, 1.54) is 148 Å². The van der Waals surface area contributed by atoms with Crippen molar-refractivity contribution in [2.24, 2.45) is 5.73 Å². The molecular formula is C55H107NO20P2. The Hall–Kier alpha value is -2.55. The third-order valence-electron chi connectivity index (χ3n) is 12.4. The molecule has 462 valence electrons. The highest BCUT2D eigenvalue weighted by Crippen LogP contribution is 2.44. The Morgan fingerprint density at radius 1 is 0.410 bits per heavy atom. The second kappa shape index (κ2) is 53.7. The Labute approximate surface area is 468 Å². The van der Waals surface area contributed by atoms with E-state index in [4.69, 9.17) is 43.9 Å². The highest BCUT2D eigenvalue weighted by molar-refractivity contribution is 7.47. The van der Waals surface area contributed by atoms with Gasteiger partial charge in [-0.05, 0) is 19.3 Å². The lowest BCUT2D eigenvalue weighted by Gasteiger charge is -2.20. The molecule has 78 heavy (non-hydrogen) atoms. The minimum absolute atomic E-state index is 0.102. The first-order valence-corrected chi connectivity index (χ1v) is 32.5. The number of aliphatic hydroxyl groups excluding tert-OH is 2. The minimum atomic E-state index is -4.63. The molecule has 0 saturated carbocycles. The summed E-state index contributed by atoms with van der Waals surface area (Å²) in [5, 5.41) is 26.9. The van der Waals surface area contributed by atoms with Crippen molar-refractivity contribution in [1.82, 2.24) is 0 Å². The number of phosphoric ester groups is 2. The summed E-state index contributed by atoms with van der Waals surface area (Å²) in [6.45, 7) is 4.03. The van der Waals surface area contributed by atoms with Gasteiger partial charge >= 0.3 is 45.5 Å². The quantitative estimate of drug-likeness (QED) is 0.0143. The summed E-state index contributed by atoms with van der Waals surface area (Å²) in [4.78, 5) is 77.6. The average Bonchev–Trinajstić information content (AvgIpc) is 3.41. The largest absolute Gasteiger partial charge is 0.480 e. The van der Waals surface area contributed by atoms with E-state index in [-0.39, 0.29) is 38.9 Å². The zero-order valence-corrected chi connectivity index (χ0v) is 50.1. The van der Waals surface area contributed by atoms with Crippen LogP contribution in [-0.4, -0.2) is 126 Å². The fourth-order valence-electron chi connectivity index (χ4n) is 7.66. The van der Waals surface area contributed by atoms with Crippen LogP contribution in [0.25, 0.3) is 0 Å². The van der Waals surface area contributed by atoms with E-state index in [1.54, 1.807) is 13.8 Å². The van der Waals surface area contributed by atoms with Gasteiger partial charge in [-0.2, -0.15) is 0 Å². The van der Waals surface area contributed by atoms with Gasteiger partial charge in [0, 0.05) is 25.7 Å². The lowest BCUT2D eigenvalue weighted by molar-refractivity contribution is -0.161. The Morgan fingerprint density at radius 2 is 0.718 bits per heavy atom. The molecule has 0 aliphatic heterocycles. The van der Waals surface area contributed by atoms with Crippen LogP contribution in [0.3, 0.4) is 0 Å². The number of carbonyl (C=O) groups excluding carboxylic acids is 4. The van der Waals surface area contributed by atoms with Crippen molar-refractivity contribution in [3.8, 4) is 0 Å². The molecule has 4 unspecified atom stereocenters. The summed E-state index contributed by atoms with van der Waals surface area (Å²) in [5.41, 5.74) is 5.14. The van der Waals surface area contributed by atoms with Gasteiger partial charge in [0.05, 0.1) is 33.0 Å². The third kappa shape index (κ3) is 54.1. The van der Waals surface area contributed by atoms with Crippen LogP contribution in [0.5, 0.6) is 0 Å². The van der Waals surface area contributed by atoms with E-state index in [0.29, 0.717) is 19.3 Å². The number of hydrogen-bond acceptors (Lipinski definition) is 18. The van der Waals surface area contributed by atoms with Crippen molar-refractivity contribution < 1.29 is 95.3 Å². The molecule has 0 aromatic heterocycles. The van der Waals surface area contributed by atoms with Gasteiger partial charge in [-0.15, -0.1) is 0 Å². The number of aliphatic carboxylic acids is 1. The molecule has 0 radical (unpaired) electrons. The number of hydrogen-bond donors (Lipinski definition) is 6. The number of carboxylic acid groups (broad SMARTS) is 1. The zero-order chi connectivity index (χ0) is 58.6. The first-order valence-electron chi connectivity index (χ1n) is 29.6. The van der Waals surface area contributed by atoms with Crippen molar-refractivity contribution in [2.45, 2.75) is 277 Å². The van der Waals surface area contributed by atoms with Gasteiger partial charge < -0.3 is 49.8 Å². The van der Waals surface area contributed by atoms with E-state index < -0.39 is 103 Å². The Kier molecular flexibility index (Phi) is 53.4. The molecule has 7 N–H and O–H groups in total. The fraction of sp³-hybridized carbons (Fsp3) is 0.909. The lowest BCUT2D eigenvalue weighted by atomic mass is 10.0. The molecule has 23 heteroatoms. The smallest absolute Gasteiger partial charge is 0.472 e. The van der Waals surface area contributed by atoms with E-state index in [9.17, 15) is 48.0 Å². The van der Waals surface area contributed by atoms with Crippen LogP contribution < -0.4 is 5.73 Å². The molecule has 0 spiro atoms. The summed E-state index contributed by atoms with van der Waals surface area (Å²) >= 11 is 0. The molecule has 0 fully saturated rings. The standard InChI is InChI=1S/C42H83O10P.C13H24NO10P/c1-3-5-7-9-11-13-15-17-19-21-23-25-27-29-31-33-41(45)49-37-40(38-51-53(47,48)50-36-39(44)35-43)52-42(46)34-32-30-28-26-24-22-20-18-16-14-12-10-8-6-4-2;1-3-5-12(16)24-9(6-21-11(15)4-2)7-22-25(19,20)23-8-10(14)13(17)18/h39-40,43-44H,3-38H2,1-2H3,(H,47,48);9-10H,3-8,14H2,1-2H3,(H,17,18)(H,19,20)/t;9-,10+/m.1/s1. The molecule has 0 bridgehead atoms. The Bertz CT molecular complexity index is 1580. The highest BCUT2D eigenvalue weighted by atomic mass is 31.2. The summed E-state index contributed by atoms with van der Waals surface area (Å²) in [6.07, 6.45) is 34.5. The van der Waals surface area contributed by atoms with Crippen LogP contribution >= 0.6 is 15.6 Å². The van der Waals surface area contributed by atoms with E-state index in [0.717, 1.165) is 32.1 Å². The second-order valence-corrected chi connectivity index (χ2v) is 22.9. The maximum absolute atomic E-state index is 12.6.